The fourth-order valence-corrected chi connectivity index (χ4v) is 7.88. The highest BCUT2D eigenvalue weighted by Crippen LogP contribution is 2.72. The van der Waals surface area contributed by atoms with E-state index in [9.17, 15) is 24.6 Å². The number of aliphatic hydroxyl groups is 1. The van der Waals surface area contributed by atoms with Crippen molar-refractivity contribution in [3.8, 4) is 0 Å². The van der Waals surface area contributed by atoms with E-state index in [1.54, 1.807) is 34.6 Å². The molecule has 5 unspecified atom stereocenters. The zero-order valence-corrected chi connectivity index (χ0v) is 19.4. The first-order valence-corrected chi connectivity index (χ1v) is 11.6. The average molecular weight is 449 g/mol. The third-order valence-electron chi connectivity index (χ3n) is 9.57. The minimum absolute atomic E-state index is 0.0335. The number of carboxylic acids is 1. The van der Waals surface area contributed by atoms with Crippen molar-refractivity contribution >= 4 is 17.7 Å². The molecule has 0 spiro atoms. The van der Waals surface area contributed by atoms with E-state index in [4.69, 9.17) is 4.74 Å². The maximum atomic E-state index is 17.3. The van der Waals surface area contributed by atoms with Gasteiger partial charge in [0.25, 0.3) is 0 Å². The number of allylic oxidation sites excluding steroid dienone is 4. The molecular formula is C25H33FO6. The second-order valence-electron chi connectivity index (χ2n) is 10.7. The SMILES string of the molecule is CCC(=O)O[C@]1(C(=O)O)[C@@H](C)CC2C3CCC4=CC(=O)C=C(C)C4(C)C3(F)[C@@H](O)CC21C. The number of carboxylic acid groups (broad SMARTS) is 1. The van der Waals surface area contributed by atoms with Crippen molar-refractivity contribution in [2.45, 2.75) is 84.1 Å². The summed E-state index contributed by atoms with van der Waals surface area (Å²) in [5, 5.41) is 21.7. The number of hydrogen-bond donors (Lipinski definition) is 2. The molecule has 176 valence electrons. The molecule has 2 N–H and O–H groups in total. The van der Waals surface area contributed by atoms with E-state index in [1.807, 2.05) is 0 Å². The highest BCUT2D eigenvalue weighted by Gasteiger charge is 2.78. The van der Waals surface area contributed by atoms with Crippen LogP contribution >= 0.6 is 0 Å². The minimum Gasteiger partial charge on any atom is -0.478 e. The summed E-state index contributed by atoms with van der Waals surface area (Å²) in [6, 6.07) is 0. The predicted molar refractivity (Wildman–Crippen MR) is 114 cm³/mol. The first-order chi connectivity index (χ1) is 14.8. The van der Waals surface area contributed by atoms with Crippen LogP contribution in [0, 0.1) is 28.6 Å². The number of esters is 1. The number of ether oxygens (including phenoxy) is 1. The lowest BCUT2D eigenvalue weighted by molar-refractivity contribution is -0.235. The van der Waals surface area contributed by atoms with Gasteiger partial charge in [0.2, 0.25) is 5.60 Å². The average Bonchev–Trinajstić information content (AvgIpc) is 2.92. The highest BCUT2D eigenvalue weighted by atomic mass is 19.1. The van der Waals surface area contributed by atoms with Gasteiger partial charge in [0.05, 0.1) is 6.10 Å². The van der Waals surface area contributed by atoms with Crippen LogP contribution in [0.3, 0.4) is 0 Å². The summed E-state index contributed by atoms with van der Waals surface area (Å²) < 4.78 is 23.0. The van der Waals surface area contributed by atoms with Gasteiger partial charge in [0.15, 0.2) is 11.5 Å². The van der Waals surface area contributed by atoms with Crippen LogP contribution in [0.25, 0.3) is 0 Å². The molecule has 0 radical (unpaired) electrons. The summed E-state index contributed by atoms with van der Waals surface area (Å²) >= 11 is 0. The number of ketones is 1. The molecule has 8 atom stereocenters. The number of rotatable bonds is 3. The van der Waals surface area contributed by atoms with Crippen LogP contribution in [-0.2, 0) is 19.1 Å². The fraction of sp³-hybridized carbons (Fsp3) is 0.720. The molecule has 0 aliphatic heterocycles. The van der Waals surface area contributed by atoms with Crippen LogP contribution in [0.2, 0.25) is 0 Å². The number of aliphatic carboxylic acids is 1. The van der Waals surface area contributed by atoms with Gasteiger partial charge in [-0.25, -0.2) is 9.18 Å². The lowest BCUT2D eigenvalue weighted by Gasteiger charge is -2.63. The molecule has 3 saturated carbocycles. The monoisotopic (exact) mass is 448 g/mol. The van der Waals surface area contributed by atoms with Crippen LogP contribution in [-0.4, -0.2) is 45.3 Å². The molecule has 0 aromatic rings. The van der Waals surface area contributed by atoms with Gasteiger partial charge in [-0.15, -0.1) is 0 Å². The molecule has 6 nitrogen and oxygen atoms in total. The second kappa shape index (κ2) is 6.99. The van der Waals surface area contributed by atoms with Gasteiger partial charge < -0.3 is 14.9 Å². The van der Waals surface area contributed by atoms with Gasteiger partial charge in [-0.05, 0) is 57.6 Å². The van der Waals surface area contributed by atoms with E-state index in [2.05, 4.69) is 0 Å². The van der Waals surface area contributed by atoms with E-state index in [0.29, 0.717) is 30.4 Å². The first-order valence-electron chi connectivity index (χ1n) is 11.6. The Labute approximate surface area is 187 Å². The lowest BCUT2D eigenvalue weighted by atomic mass is 9.43. The van der Waals surface area contributed by atoms with Gasteiger partial charge in [0, 0.05) is 29.1 Å². The maximum absolute atomic E-state index is 17.3. The number of hydrogen-bond acceptors (Lipinski definition) is 5. The van der Waals surface area contributed by atoms with Crippen LogP contribution in [0.15, 0.2) is 23.3 Å². The molecule has 4 aliphatic rings. The van der Waals surface area contributed by atoms with Crippen LogP contribution in [0.4, 0.5) is 4.39 Å². The van der Waals surface area contributed by atoms with Gasteiger partial charge in [-0.1, -0.05) is 31.9 Å². The molecule has 3 fully saturated rings. The van der Waals surface area contributed by atoms with Crippen LogP contribution in [0.1, 0.15) is 66.7 Å². The lowest BCUT2D eigenvalue weighted by Crippen LogP contribution is -2.70. The molecule has 32 heavy (non-hydrogen) atoms. The molecule has 0 aromatic heterocycles. The summed E-state index contributed by atoms with van der Waals surface area (Å²) in [5.41, 5.74) is -4.85. The molecule has 0 amide bonds. The van der Waals surface area contributed by atoms with Crippen LogP contribution < -0.4 is 0 Å². The van der Waals surface area contributed by atoms with Gasteiger partial charge in [0.1, 0.15) is 0 Å². The molecule has 0 heterocycles. The third kappa shape index (κ3) is 2.46. The van der Waals surface area contributed by atoms with E-state index < -0.39 is 57.9 Å². The van der Waals surface area contributed by atoms with Gasteiger partial charge in [-0.3, -0.25) is 9.59 Å². The summed E-state index contributed by atoms with van der Waals surface area (Å²) in [6.07, 6.45) is 2.66. The maximum Gasteiger partial charge on any atom is 0.349 e. The molecule has 4 rings (SSSR count). The number of fused-ring (bicyclic) bond motifs is 5. The first kappa shape index (κ1) is 23.1. The van der Waals surface area contributed by atoms with Crippen molar-refractivity contribution in [2.75, 3.05) is 0 Å². The largest absolute Gasteiger partial charge is 0.478 e. The number of alkyl halides is 1. The number of aliphatic hydroxyl groups excluding tert-OH is 1. The van der Waals surface area contributed by atoms with Crippen molar-refractivity contribution in [3.05, 3.63) is 23.3 Å². The van der Waals surface area contributed by atoms with Crippen molar-refractivity contribution in [1.29, 1.82) is 0 Å². The van der Waals surface area contributed by atoms with E-state index in [-0.39, 0.29) is 18.6 Å². The van der Waals surface area contributed by atoms with Crippen molar-refractivity contribution < 1.29 is 33.7 Å². The Kier molecular flexibility index (Phi) is 5.06. The Bertz CT molecular complexity index is 954. The summed E-state index contributed by atoms with van der Waals surface area (Å²) in [6.45, 7) is 8.58. The normalized spacial score (nSPS) is 47.5. The van der Waals surface area contributed by atoms with Gasteiger partial charge >= 0.3 is 11.9 Å². The highest BCUT2D eigenvalue weighted by molar-refractivity contribution is 6.02. The smallest absolute Gasteiger partial charge is 0.349 e. The predicted octanol–water partition coefficient (Wildman–Crippen LogP) is 3.77. The Morgan fingerprint density at radius 1 is 1.25 bits per heavy atom. The number of halogens is 1. The van der Waals surface area contributed by atoms with Gasteiger partial charge in [-0.2, -0.15) is 0 Å². The summed E-state index contributed by atoms with van der Waals surface area (Å²) in [4.78, 5) is 37.1. The Balaban J connectivity index is 1.87. The third-order valence-corrected chi connectivity index (χ3v) is 9.57. The zero-order chi connectivity index (χ0) is 23.9. The Hall–Kier alpha value is -2.02. The molecule has 0 bridgehead atoms. The Morgan fingerprint density at radius 2 is 1.91 bits per heavy atom. The Morgan fingerprint density at radius 3 is 2.50 bits per heavy atom. The standard InChI is InChI=1S/C25H33FO6/c1-6-20(29)32-25(21(30)31)14(3)10-18-17-8-7-15-11-16(27)9-13(2)23(15,5)24(17,26)19(28)12-22(18,25)4/h9,11,14,17-19,28H,6-8,10,12H2,1-5H3,(H,30,31)/t14-,17?,18?,19-,22?,23?,24?,25-/m0/s1. The number of carbonyl (C=O) groups is 3. The molecule has 0 aromatic carbocycles. The van der Waals surface area contributed by atoms with Crippen molar-refractivity contribution in [2.24, 2.45) is 28.6 Å². The second-order valence-corrected chi connectivity index (χ2v) is 10.7. The van der Waals surface area contributed by atoms with Crippen LogP contribution in [0.5, 0.6) is 0 Å². The topological polar surface area (TPSA) is 101 Å². The molecule has 0 saturated heterocycles. The number of carbonyl (C=O) groups excluding carboxylic acids is 2. The summed E-state index contributed by atoms with van der Waals surface area (Å²) in [5.74, 6) is -3.57. The molecule has 7 heteroatoms. The zero-order valence-electron chi connectivity index (χ0n) is 19.4. The minimum atomic E-state index is -2.05. The summed E-state index contributed by atoms with van der Waals surface area (Å²) in [7, 11) is 0. The van der Waals surface area contributed by atoms with E-state index in [1.165, 1.54) is 12.2 Å². The molecular weight excluding hydrogens is 415 g/mol. The van der Waals surface area contributed by atoms with Crippen molar-refractivity contribution in [1.82, 2.24) is 0 Å². The van der Waals surface area contributed by atoms with E-state index >= 15 is 4.39 Å². The van der Waals surface area contributed by atoms with E-state index in [0.717, 1.165) is 0 Å². The molecule has 4 aliphatic carbocycles. The quantitative estimate of drug-likeness (QED) is 0.638. The fourth-order valence-electron chi connectivity index (χ4n) is 7.88. The van der Waals surface area contributed by atoms with Crippen molar-refractivity contribution in [3.63, 3.8) is 0 Å².